The van der Waals surface area contributed by atoms with Crippen molar-refractivity contribution < 1.29 is 9.84 Å². The molecule has 134 valence electrons. The van der Waals surface area contributed by atoms with E-state index >= 15 is 0 Å². The van der Waals surface area contributed by atoms with E-state index in [1.807, 2.05) is 12.1 Å². The molecule has 6 nitrogen and oxygen atoms in total. The highest BCUT2D eigenvalue weighted by molar-refractivity contribution is 5.33. The molecule has 0 amide bonds. The van der Waals surface area contributed by atoms with E-state index in [4.69, 9.17) is 15.6 Å². The number of anilines is 1. The minimum absolute atomic E-state index is 0.0313. The normalized spacial score (nSPS) is 18.2. The van der Waals surface area contributed by atoms with E-state index in [0.717, 1.165) is 37.5 Å². The second-order valence-electron chi connectivity index (χ2n) is 6.56. The Bertz CT molecular complexity index is 680. The summed E-state index contributed by atoms with van der Waals surface area (Å²) in [5.74, 6) is 1.92. The molecule has 1 aliphatic heterocycles. The minimum atomic E-state index is 0.0313. The number of aliphatic hydroxyl groups excluding tert-OH is 1. The van der Waals surface area contributed by atoms with Gasteiger partial charge in [-0.05, 0) is 49.4 Å². The fraction of sp³-hybridized carbons (Fsp3) is 0.474. The summed E-state index contributed by atoms with van der Waals surface area (Å²) in [5.41, 5.74) is 8.08. The maximum absolute atomic E-state index is 8.88. The molecule has 2 aromatic rings. The van der Waals surface area contributed by atoms with Crippen LogP contribution in [0.1, 0.15) is 24.1 Å². The lowest BCUT2D eigenvalue weighted by atomic mass is 9.93. The van der Waals surface area contributed by atoms with Crippen LogP contribution >= 0.6 is 0 Å². The molecule has 0 aliphatic carbocycles. The monoisotopic (exact) mass is 342 g/mol. The van der Waals surface area contributed by atoms with Crippen LogP contribution in [0.2, 0.25) is 0 Å². The van der Waals surface area contributed by atoms with Gasteiger partial charge in [-0.25, -0.2) is 4.98 Å². The average Bonchev–Trinajstić information content (AvgIpc) is 2.63. The van der Waals surface area contributed by atoms with E-state index in [1.54, 1.807) is 12.4 Å². The van der Waals surface area contributed by atoms with Crippen molar-refractivity contribution in [2.24, 2.45) is 5.92 Å². The number of aromatic nitrogens is 2. The van der Waals surface area contributed by atoms with E-state index in [-0.39, 0.29) is 6.61 Å². The van der Waals surface area contributed by atoms with Crippen molar-refractivity contribution in [1.29, 1.82) is 0 Å². The van der Waals surface area contributed by atoms with Crippen LogP contribution < -0.4 is 10.5 Å². The van der Waals surface area contributed by atoms with Gasteiger partial charge in [0.25, 0.3) is 0 Å². The lowest BCUT2D eigenvalue weighted by molar-refractivity contribution is 0.166. The quantitative estimate of drug-likeness (QED) is 0.799. The molecule has 25 heavy (non-hydrogen) atoms. The molecular weight excluding hydrogens is 316 g/mol. The number of nitrogen functional groups attached to an aromatic ring is 1. The molecule has 0 saturated carbocycles. The van der Waals surface area contributed by atoms with Crippen LogP contribution in [0.5, 0.6) is 5.75 Å². The van der Waals surface area contributed by atoms with Crippen LogP contribution in [0.4, 0.5) is 5.82 Å². The highest BCUT2D eigenvalue weighted by Gasteiger charge is 2.21. The van der Waals surface area contributed by atoms with Gasteiger partial charge in [0.2, 0.25) is 0 Å². The lowest BCUT2D eigenvalue weighted by Gasteiger charge is -2.32. The number of hydrogen-bond donors (Lipinski definition) is 2. The molecule has 1 atom stereocenters. The van der Waals surface area contributed by atoms with Crippen LogP contribution in [-0.2, 0) is 13.0 Å². The number of piperidine rings is 1. The molecule has 3 rings (SSSR count). The molecule has 3 N–H and O–H groups in total. The molecular formula is C19H26N4O2. The fourth-order valence-electron chi connectivity index (χ4n) is 3.43. The van der Waals surface area contributed by atoms with Crippen molar-refractivity contribution in [2.75, 3.05) is 32.0 Å². The summed E-state index contributed by atoms with van der Waals surface area (Å²) < 4.78 is 5.50. The average molecular weight is 342 g/mol. The first-order chi connectivity index (χ1) is 12.2. The van der Waals surface area contributed by atoms with E-state index in [1.165, 1.54) is 18.4 Å². The topological polar surface area (TPSA) is 84.5 Å². The van der Waals surface area contributed by atoms with Crippen molar-refractivity contribution in [2.45, 2.75) is 25.8 Å². The number of benzene rings is 1. The zero-order chi connectivity index (χ0) is 17.5. The van der Waals surface area contributed by atoms with E-state index in [0.29, 0.717) is 18.3 Å². The first-order valence-corrected chi connectivity index (χ1v) is 8.85. The van der Waals surface area contributed by atoms with E-state index < -0.39 is 0 Å². The molecule has 1 aromatic heterocycles. The highest BCUT2D eigenvalue weighted by Crippen LogP contribution is 2.23. The van der Waals surface area contributed by atoms with Gasteiger partial charge in [-0.2, -0.15) is 0 Å². The van der Waals surface area contributed by atoms with E-state index in [9.17, 15) is 0 Å². The lowest BCUT2D eigenvalue weighted by Crippen LogP contribution is -2.36. The molecule has 0 bridgehead atoms. The van der Waals surface area contributed by atoms with Gasteiger partial charge < -0.3 is 15.6 Å². The Hall–Kier alpha value is -2.18. The largest absolute Gasteiger partial charge is 0.491 e. The molecule has 2 heterocycles. The van der Waals surface area contributed by atoms with Crippen LogP contribution in [-0.4, -0.2) is 46.3 Å². The van der Waals surface area contributed by atoms with Crippen LogP contribution in [0.15, 0.2) is 36.7 Å². The molecule has 0 spiro atoms. The van der Waals surface area contributed by atoms with Crippen molar-refractivity contribution >= 4 is 5.82 Å². The first kappa shape index (κ1) is 17.6. The number of aliphatic hydroxyl groups is 1. The Morgan fingerprint density at radius 3 is 3.00 bits per heavy atom. The molecule has 1 aromatic carbocycles. The van der Waals surface area contributed by atoms with Gasteiger partial charge in [0.15, 0.2) is 0 Å². The first-order valence-electron chi connectivity index (χ1n) is 8.85. The summed E-state index contributed by atoms with van der Waals surface area (Å²) in [6.45, 7) is 3.41. The standard InChI is InChI=1S/C19H26N4O2/c20-19-18(21-6-7-22-19)12-16-4-2-8-23(14-16)13-15-3-1-5-17(11-15)25-10-9-24/h1,3,5-7,11,16,24H,2,4,8-10,12-14H2,(H2,20,22)/t16-/m0/s1. The van der Waals surface area contributed by atoms with Crippen molar-refractivity contribution in [3.63, 3.8) is 0 Å². The molecule has 1 fully saturated rings. The smallest absolute Gasteiger partial charge is 0.145 e. The Morgan fingerprint density at radius 2 is 2.16 bits per heavy atom. The van der Waals surface area contributed by atoms with Crippen molar-refractivity contribution in [3.8, 4) is 5.75 Å². The highest BCUT2D eigenvalue weighted by atomic mass is 16.5. The van der Waals surface area contributed by atoms with Gasteiger partial charge in [0.1, 0.15) is 18.2 Å². The van der Waals surface area contributed by atoms with Gasteiger partial charge in [0.05, 0.1) is 12.3 Å². The Kier molecular flexibility index (Phi) is 6.19. The number of nitrogens with zero attached hydrogens (tertiary/aromatic N) is 3. The third-order valence-corrected chi connectivity index (χ3v) is 4.56. The minimum Gasteiger partial charge on any atom is -0.491 e. The van der Waals surface area contributed by atoms with Gasteiger partial charge >= 0.3 is 0 Å². The summed E-state index contributed by atoms with van der Waals surface area (Å²) in [5, 5.41) is 8.88. The zero-order valence-corrected chi connectivity index (χ0v) is 14.5. The number of hydrogen-bond acceptors (Lipinski definition) is 6. The maximum Gasteiger partial charge on any atom is 0.145 e. The Morgan fingerprint density at radius 1 is 1.28 bits per heavy atom. The van der Waals surface area contributed by atoms with Crippen LogP contribution in [0, 0.1) is 5.92 Å². The Labute approximate surface area is 148 Å². The number of nitrogens with two attached hydrogens (primary N) is 1. The molecule has 1 aliphatic rings. The van der Waals surface area contributed by atoms with Crippen LogP contribution in [0.3, 0.4) is 0 Å². The summed E-state index contributed by atoms with van der Waals surface area (Å²) in [6.07, 6.45) is 6.62. The fourth-order valence-corrected chi connectivity index (χ4v) is 3.43. The van der Waals surface area contributed by atoms with Gasteiger partial charge in [-0.15, -0.1) is 0 Å². The summed E-state index contributed by atoms with van der Waals surface area (Å²) in [7, 11) is 0. The second kappa shape index (κ2) is 8.78. The molecule has 0 unspecified atom stereocenters. The van der Waals surface area contributed by atoms with E-state index in [2.05, 4.69) is 27.0 Å². The third-order valence-electron chi connectivity index (χ3n) is 4.56. The molecule has 1 saturated heterocycles. The molecule has 0 radical (unpaired) electrons. The predicted octanol–water partition coefficient (Wildman–Crippen LogP) is 1.88. The predicted molar refractivity (Wildman–Crippen MR) is 97.2 cm³/mol. The summed E-state index contributed by atoms with van der Waals surface area (Å²) >= 11 is 0. The second-order valence-corrected chi connectivity index (χ2v) is 6.56. The van der Waals surface area contributed by atoms with Crippen molar-refractivity contribution in [3.05, 3.63) is 47.9 Å². The van der Waals surface area contributed by atoms with Gasteiger partial charge in [-0.3, -0.25) is 9.88 Å². The summed E-state index contributed by atoms with van der Waals surface area (Å²) in [6, 6.07) is 8.11. The maximum atomic E-state index is 8.88. The number of likely N-dealkylation sites (tertiary alicyclic amines) is 1. The zero-order valence-electron chi connectivity index (χ0n) is 14.5. The third kappa shape index (κ3) is 5.14. The number of rotatable bonds is 7. The van der Waals surface area contributed by atoms with Crippen LogP contribution in [0.25, 0.3) is 0 Å². The Balaban J connectivity index is 1.57. The van der Waals surface area contributed by atoms with Crippen molar-refractivity contribution in [1.82, 2.24) is 14.9 Å². The summed E-state index contributed by atoms with van der Waals surface area (Å²) in [4.78, 5) is 11.0. The van der Waals surface area contributed by atoms with Gasteiger partial charge in [-0.1, -0.05) is 12.1 Å². The SMILES string of the molecule is Nc1nccnc1C[C@@H]1CCCN(Cc2cccc(OCCO)c2)C1. The number of ether oxygens (including phenoxy) is 1. The molecule has 6 heteroatoms. The van der Waals surface area contributed by atoms with Gasteiger partial charge in [0, 0.05) is 25.5 Å².